The minimum Gasteiger partial charge on any atom is -0.379 e. The lowest BCUT2D eigenvalue weighted by Crippen LogP contribution is -2.35. The molecule has 0 spiro atoms. The number of halogens is 1. The molecule has 30 heavy (non-hydrogen) atoms. The van der Waals surface area contributed by atoms with Crippen LogP contribution in [0, 0.1) is 0 Å². The molecule has 156 valence electrons. The average Bonchev–Trinajstić information content (AvgIpc) is 2.76. The Labute approximate surface area is 183 Å². The highest BCUT2D eigenvalue weighted by molar-refractivity contribution is 7.16. The molecule has 1 aliphatic rings. The normalized spacial score (nSPS) is 14.7. The van der Waals surface area contributed by atoms with Crippen LogP contribution in [0.25, 0.3) is 10.2 Å². The Morgan fingerprint density at radius 3 is 2.73 bits per heavy atom. The minimum absolute atomic E-state index is 0.0482. The Balaban J connectivity index is 1.45. The largest absolute Gasteiger partial charge is 0.379 e. The number of nitrogens with zero attached hydrogens (tertiary/aromatic N) is 2. The van der Waals surface area contributed by atoms with Crippen LogP contribution in [0.15, 0.2) is 46.7 Å². The number of morpholine rings is 1. The lowest BCUT2D eigenvalue weighted by molar-refractivity contribution is -0.120. The van der Waals surface area contributed by atoms with E-state index in [0.717, 1.165) is 44.0 Å². The quantitative estimate of drug-likeness (QED) is 0.634. The van der Waals surface area contributed by atoms with Crippen molar-refractivity contribution in [2.75, 3.05) is 26.3 Å². The van der Waals surface area contributed by atoms with E-state index in [-0.39, 0.29) is 17.8 Å². The highest BCUT2D eigenvalue weighted by Crippen LogP contribution is 2.17. The molecule has 1 fully saturated rings. The van der Waals surface area contributed by atoms with Gasteiger partial charge in [0.05, 0.1) is 25.0 Å². The molecule has 0 bridgehead atoms. The predicted molar refractivity (Wildman–Crippen MR) is 119 cm³/mol. The zero-order valence-electron chi connectivity index (χ0n) is 16.4. The number of fused-ring (bicyclic) bond motifs is 1. The van der Waals surface area contributed by atoms with E-state index in [0.29, 0.717) is 27.3 Å². The number of ether oxygens (including phenoxy) is 1. The fourth-order valence-electron chi connectivity index (χ4n) is 3.37. The zero-order valence-corrected chi connectivity index (χ0v) is 18.0. The Morgan fingerprint density at radius 1 is 1.20 bits per heavy atom. The van der Waals surface area contributed by atoms with E-state index in [2.05, 4.69) is 15.2 Å². The second kappa shape index (κ2) is 9.66. The highest BCUT2D eigenvalue weighted by Gasteiger charge is 2.14. The monoisotopic (exact) mass is 443 g/mol. The molecule has 1 aliphatic heterocycles. The number of hydrogen-bond acceptors (Lipinski definition) is 6. The second-order valence-electron chi connectivity index (χ2n) is 7.25. The van der Waals surface area contributed by atoms with Gasteiger partial charge in [0.15, 0.2) is 5.43 Å². The molecule has 0 saturated carbocycles. The van der Waals surface area contributed by atoms with Gasteiger partial charge < -0.3 is 10.1 Å². The number of carbonyl (C=O) groups is 1. The van der Waals surface area contributed by atoms with Crippen molar-refractivity contribution in [3.05, 3.63) is 73.8 Å². The van der Waals surface area contributed by atoms with Crippen LogP contribution in [-0.4, -0.2) is 42.1 Å². The Morgan fingerprint density at radius 2 is 1.97 bits per heavy atom. The highest BCUT2D eigenvalue weighted by atomic mass is 35.5. The number of amides is 1. The number of hydrogen-bond donors (Lipinski definition) is 1. The number of rotatable bonds is 6. The number of nitrogens with one attached hydrogen (secondary N) is 1. The van der Waals surface area contributed by atoms with Crippen LogP contribution in [0.2, 0.25) is 5.02 Å². The smallest absolute Gasteiger partial charge is 0.224 e. The van der Waals surface area contributed by atoms with Crippen LogP contribution in [0.1, 0.15) is 16.7 Å². The third-order valence-electron chi connectivity index (χ3n) is 5.02. The van der Waals surface area contributed by atoms with Gasteiger partial charge in [-0.1, -0.05) is 23.7 Å². The molecule has 6 nitrogen and oxygen atoms in total. The maximum absolute atomic E-state index is 13.0. The van der Waals surface area contributed by atoms with E-state index in [9.17, 15) is 9.59 Å². The van der Waals surface area contributed by atoms with Gasteiger partial charge in [0.25, 0.3) is 0 Å². The molecule has 1 amide bonds. The van der Waals surface area contributed by atoms with Crippen molar-refractivity contribution in [3.63, 3.8) is 0 Å². The first-order valence-electron chi connectivity index (χ1n) is 9.79. The molecule has 0 radical (unpaired) electrons. The summed E-state index contributed by atoms with van der Waals surface area (Å²) in [5.41, 5.74) is 2.32. The summed E-state index contributed by atoms with van der Waals surface area (Å²) in [7, 11) is 0. The summed E-state index contributed by atoms with van der Waals surface area (Å²) >= 11 is 7.27. The van der Waals surface area contributed by atoms with Crippen molar-refractivity contribution in [2.24, 2.45) is 0 Å². The zero-order chi connectivity index (χ0) is 20.9. The summed E-state index contributed by atoms with van der Waals surface area (Å²) in [6, 6.07) is 9.20. The SMILES string of the molecule is O=C(Cc1csc2ncc(CN3CCOCC3)cc2c1=O)NCc1ccc(Cl)cc1. The average molecular weight is 444 g/mol. The summed E-state index contributed by atoms with van der Waals surface area (Å²) in [6.07, 6.45) is 1.87. The van der Waals surface area contributed by atoms with Crippen LogP contribution in [0.4, 0.5) is 0 Å². The molecule has 0 atom stereocenters. The number of benzene rings is 1. The lowest BCUT2D eigenvalue weighted by Gasteiger charge is -2.26. The van der Waals surface area contributed by atoms with Crippen molar-refractivity contribution in [1.29, 1.82) is 0 Å². The standard InChI is InChI=1S/C22H22ClN3O3S/c23-18-3-1-15(2-4-18)11-24-20(27)10-17-14-30-22-19(21(17)28)9-16(12-25-22)13-26-5-7-29-8-6-26/h1-4,9,12,14H,5-8,10-11,13H2,(H,24,27). The summed E-state index contributed by atoms with van der Waals surface area (Å²) in [5, 5.41) is 5.83. The van der Waals surface area contributed by atoms with Gasteiger partial charge in [-0.3, -0.25) is 14.5 Å². The maximum atomic E-state index is 13.0. The third kappa shape index (κ3) is 5.23. The Kier molecular flexibility index (Phi) is 6.74. The summed E-state index contributed by atoms with van der Waals surface area (Å²) in [4.78, 5) is 32.8. The van der Waals surface area contributed by atoms with Crippen LogP contribution in [0.5, 0.6) is 0 Å². The first-order valence-corrected chi connectivity index (χ1v) is 11.0. The van der Waals surface area contributed by atoms with E-state index >= 15 is 0 Å². The van der Waals surface area contributed by atoms with Gasteiger partial charge in [0.1, 0.15) is 4.83 Å². The summed E-state index contributed by atoms with van der Waals surface area (Å²) in [6.45, 7) is 4.34. The lowest BCUT2D eigenvalue weighted by atomic mass is 10.1. The molecule has 0 aliphatic carbocycles. The van der Waals surface area contributed by atoms with Gasteiger partial charge in [-0.15, -0.1) is 11.3 Å². The number of aromatic nitrogens is 1. The van der Waals surface area contributed by atoms with Crippen molar-refractivity contribution in [1.82, 2.24) is 15.2 Å². The fraction of sp³-hybridized carbons (Fsp3) is 0.318. The molecule has 4 rings (SSSR count). The van der Waals surface area contributed by atoms with E-state index in [1.165, 1.54) is 11.3 Å². The van der Waals surface area contributed by atoms with Crippen LogP contribution < -0.4 is 10.7 Å². The summed E-state index contributed by atoms with van der Waals surface area (Å²) in [5.74, 6) is -0.189. The minimum atomic E-state index is -0.189. The molecule has 1 N–H and O–H groups in total. The molecule has 2 aromatic heterocycles. The van der Waals surface area contributed by atoms with Crippen molar-refractivity contribution >= 4 is 39.1 Å². The molecule has 3 heterocycles. The van der Waals surface area contributed by atoms with Gasteiger partial charge in [0, 0.05) is 48.3 Å². The summed E-state index contributed by atoms with van der Waals surface area (Å²) < 4.78 is 5.38. The van der Waals surface area contributed by atoms with E-state index in [1.54, 1.807) is 17.5 Å². The molecule has 0 unspecified atom stereocenters. The van der Waals surface area contributed by atoms with Crippen LogP contribution >= 0.6 is 22.9 Å². The van der Waals surface area contributed by atoms with Crippen molar-refractivity contribution < 1.29 is 9.53 Å². The topological polar surface area (TPSA) is 71.5 Å². The van der Waals surface area contributed by atoms with Crippen molar-refractivity contribution in [2.45, 2.75) is 19.5 Å². The molecule has 3 aromatic rings. The third-order valence-corrected chi connectivity index (χ3v) is 6.22. The Bertz CT molecular complexity index is 1090. The first-order chi connectivity index (χ1) is 14.6. The fourth-order valence-corrected chi connectivity index (χ4v) is 4.33. The van der Waals surface area contributed by atoms with E-state index in [1.807, 2.05) is 24.4 Å². The molecule has 1 saturated heterocycles. The van der Waals surface area contributed by atoms with Gasteiger partial charge in [-0.2, -0.15) is 0 Å². The maximum Gasteiger partial charge on any atom is 0.224 e. The second-order valence-corrected chi connectivity index (χ2v) is 8.55. The Hall–Kier alpha value is -2.32. The number of carbonyl (C=O) groups excluding carboxylic acids is 1. The molecule has 8 heteroatoms. The van der Waals surface area contributed by atoms with Gasteiger partial charge >= 0.3 is 0 Å². The predicted octanol–water partition coefficient (Wildman–Crippen LogP) is 3.00. The van der Waals surface area contributed by atoms with Gasteiger partial charge in [-0.25, -0.2) is 4.98 Å². The van der Waals surface area contributed by atoms with Crippen LogP contribution in [-0.2, 0) is 29.0 Å². The van der Waals surface area contributed by atoms with Crippen LogP contribution in [0.3, 0.4) is 0 Å². The van der Waals surface area contributed by atoms with Gasteiger partial charge in [0.2, 0.25) is 5.91 Å². The van der Waals surface area contributed by atoms with E-state index in [4.69, 9.17) is 16.3 Å². The number of pyridine rings is 1. The van der Waals surface area contributed by atoms with Gasteiger partial charge in [-0.05, 0) is 29.3 Å². The van der Waals surface area contributed by atoms with Crippen molar-refractivity contribution in [3.8, 4) is 0 Å². The molecular weight excluding hydrogens is 422 g/mol. The first kappa shape index (κ1) is 20.9. The molecule has 1 aromatic carbocycles. The molecular formula is C22H22ClN3O3S. The van der Waals surface area contributed by atoms with E-state index < -0.39 is 0 Å².